The highest BCUT2D eigenvalue weighted by Crippen LogP contribution is 1.99. The quantitative estimate of drug-likeness (QED) is 0.554. The first-order chi connectivity index (χ1) is 5.07. The van der Waals surface area contributed by atoms with Crippen LogP contribution in [0, 0.1) is 5.92 Å². The zero-order valence-corrected chi connectivity index (χ0v) is 7.76. The number of nitrogens with zero attached hydrogens (tertiary/aromatic N) is 2. The van der Waals surface area contributed by atoms with Crippen molar-refractivity contribution in [3.8, 4) is 0 Å². The van der Waals surface area contributed by atoms with Gasteiger partial charge in [-0.15, -0.1) is 0 Å². The molecule has 0 aliphatic rings. The summed E-state index contributed by atoms with van der Waals surface area (Å²) in [5.41, 5.74) is 1.81. The van der Waals surface area contributed by atoms with Crippen molar-refractivity contribution in [1.29, 1.82) is 0 Å². The molecule has 0 aromatic carbocycles. The molecular formula is C9H16N2. The second-order valence-electron chi connectivity index (χ2n) is 2.81. The van der Waals surface area contributed by atoms with Gasteiger partial charge >= 0.3 is 0 Å². The Labute approximate surface area is 68.8 Å². The third kappa shape index (κ3) is 4.48. The topological polar surface area (TPSA) is 24.7 Å². The molecule has 11 heavy (non-hydrogen) atoms. The molecule has 0 unspecified atom stereocenters. The first-order valence-corrected chi connectivity index (χ1v) is 3.74. The fourth-order valence-corrected chi connectivity index (χ4v) is 0.660. The molecule has 0 radical (unpaired) electrons. The highest BCUT2D eigenvalue weighted by molar-refractivity contribution is 6.31. The van der Waals surface area contributed by atoms with Crippen molar-refractivity contribution in [2.24, 2.45) is 15.9 Å². The van der Waals surface area contributed by atoms with E-state index in [2.05, 4.69) is 30.4 Å². The standard InChI is InChI=1S/C9H16N2/c1-7(2)9(6-10-5)11-8(3)4/h6-7H,3H2,1-2,4-5H3/b10-6-,11-9+. The lowest BCUT2D eigenvalue weighted by Gasteiger charge is -2.03. The first kappa shape index (κ1) is 10.1. The van der Waals surface area contributed by atoms with Crippen LogP contribution in [0.3, 0.4) is 0 Å². The van der Waals surface area contributed by atoms with Gasteiger partial charge in [0.2, 0.25) is 0 Å². The van der Waals surface area contributed by atoms with Gasteiger partial charge in [-0.3, -0.25) is 9.98 Å². The van der Waals surface area contributed by atoms with Crippen LogP contribution in [0.4, 0.5) is 0 Å². The monoisotopic (exact) mass is 152 g/mol. The second kappa shape index (κ2) is 4.83. The van der Waals surface area contributed by atoms with Crippen LogP contribution in [-0.4, -0.2) is 19.0 Å². The molecule has 0 fully saturated rings. The Morgan fingerprint density at radius 3 is 2.27 bits per heavy atom. The van der Waals surface area contributed by atoms with Crippen molar-refractivity contribution >= 4 is 11.9 Å². The fraction of sp³-hybridized carbons (Fsp3) is 0.556. The van der Waals surface area contributed by atoms with Gasteiger partial charge in [0, 0.05) is 19.0 Å². The third-order valence-electron chi connectivity index (χ3n) is 1.17. The number of rotatable bonds is 3. The average Bonchev–Trinajstić information content (AvgIpc) is 1.86. The lowest BCUT2D eigenvalue weighted by Crippen LogP contribution is -2.08. The van der Waals surface area contributed by atoms with Gasteiger partial charge in [0.1, 0.15) is 0 Å². The second-order valence-corrected chi connectivity index (χ2v) is 2.81. The molecule has 0 aromatic heterocycles. The average molecular weight is 152 g/mol. The minimum atomic E-state index is 0.412. The van der Waals surface area contributed by atoms with Gasteiger partial charge in [-0.2, -0.15) is 0 Å². The summed E-state index contributed by atoms with van der Waals surface area (Å²) in [5.74, 6) is 0.412. The molecule has 0 saturated heterocycles. The van der Waals surface area contributed by atoms with Crippen molar-refractivity contribution in [1.82, 2.24) is 0 Å². The predicted molar refractivity (Wildman–Crippen MR) is 51.5 cm³/mol. The normalized spacial score (nSPS) is 13.0. The highest BCUT2D eigenvalue weighted by atomic mass is 14.8. The molecule has 0 N–H and O–H groups in total. The smallest absolute Gasteiger partial charge is 0.0609 e. The van der Waals surface area contributed by atoms with Crippen LogP contribution in [0.15, 0.2) is 22.3 Å². The molecular weight excluding hydrogens is 136 g/mol. The number of hydrogen-bond donors (Lipinski definition) is 0. The summed E-state index contributed by atoms with van der Waals surface area (Å²) in [6.07, 6.45) is 1.78. The fourth-order valence-electron chi connectivity index (χ4n) is 0.660. The first-order valence-electron chi connectivity index (χ1n) is 3.74. The van der Waals surface area contributed by atoms with Gasteiger partial charge in [0.15, 0.2) is 0 Å². The summed E-state index contributed by atoms with van der Waals surface area (Å²) in [7, 11) is 1.75. The Kier molecular flexibility index (Phi) is 4.42. The maximum atomic E-state index is 4.24. The van der Waals surface area contributed by atoms with E-state index in [1.165, 1.54) is 0 Å². The van der Waals surface area contributed by atoms with E-state index in [9.17, 15) is 0 Å². The lowest BCUT2D eigenvalue weighted by molar-refractivity contribution is 0.892. The van der Waals surface area contributed by atoms with Gasteiger partial charge in [-0.25, -0.2) is 0 Å². The lowest BCUT2D eigenvalue weighted by atomic mass is 10.1. The van der Waals surface area contributed by atoms with Crippen LogP contribution >= 0.6 is 0 Å². The summed E-state index contributed by atoms with van der Waals surface area (Å²) in [4.78, 5) is 8.15. The van der Waals surface area contributed by atoms with Crippen molar-refractivity contribution in [3.05, 3.63) is 12.3 Å². The molecule has 0 aliphatic carbocycles. The van der Waals surface area contributed by atoms with Crippen LogP contribution in [-0.2, 0) is 0 Å². The van der Waals surface area contributed by atoms with E-state index in [1.54, 1.807) is 13.3 Å². The summed E-state index contributed by atoms with van der Waals surface area (Å²) in [6, 6.07) is 0. The molecule has 0 atom stereocenters. The summed E-state index contributed by atoms with van der Waals surface area (Å²) in [5, 5.41) is 0. The molecule has 0 rings (SSSR count). The van der Waals surface area contributed by atoms with E-state index in [0.717, 1.165) is 11.4 Å². The van der Waals surface area contributed by atoms with E-state index in [4.69, 9.17) is 0 Å². The van der Waals surface area contributed by atoms with Crippen LogP contribution in [0.5, 0.6) is 0 Å². The summed E-state index contributed by atoms with van der Waals surface area (Å²) in [6.45, 7) is 9.76. The Balaban J connectivity index is 4.46. The van der Waals surface area contributed by atoms with Gasteiger partial charge in [-0.1, -0.05) is 20.4 Å². The molecule has 62 valence electrons. The molecule has 0 aliphatic heterocycles. The maximum absolute atomic E-state index is 4.24. The summed E-state index contributed by atoms with van der Waals surface area (Å²) < 4.78 is 0. The van der Waals surface area contributed by atoms with E-state index in [0.29, 0.717) is 5.92 Å². The van der Waals surface area contributed by atoms with Crippen LogP contribution in [0.1, 0.15) is 20.8 Å². The van der Waals surface area contributed by atoms with Crippen LogP contribution < -0.4 is 0 Å². The molecule has 0 aromatic rings. The Morgan fingerprint density at radius 1 is 1.45 bits per heavy atom. The maximum Gasteiger partial charge on any atom is 0.0609 e. The Bertz CT molecular complexity index is 188. The van der Waals surface area contributed by atoms with Gasteiger partial charge in [0.25, 0.3) is 0 Å². The van der Waals surface area contributed by atoms with Gasteiger partial charge < -0.3 is 0 Å². The molecule has 2 heteroatoms. The zero-order valence-electron chi connectivity index (χ0n) is 7.76. The van der Waals surface area contributed by atoms with Crippen molar-refractivity contribution in [2.45, 2.75) is 20.8 Å². The van der Waals surface area contributed by atoms with Crippen molar-refractivity contribution in [3.63, 3.8) is 0 Å². The predicted octanol–water partition coefficient (Wildman–Crippen LogP) is 2.32. The molecule has 2 nitrogen and oxygen atoms in total. The minimum absolute atomic E-state index is 0.412. The van der Waals surface area contributed by atoms with Crippen LogP contribution in [0.25, 0.3) is 0 Å². The summed E-state index contributed by atoms with van der Waals surface area (Å²) >= 11 is 0. The Hall–Kier alpha value is -0.920. The molecule has 0 heterocycles. The van der Waals surface area contributed by atoms with Gasteiger partial charge in [-0.05, 0) is 12.8 Å². The van der Waals surface area contributed by atoms with Crippen molar-refractivity contribution < 1.29 is 0 Å². The van der Waals surface area contributed by atoms with Crippen molar-refractivity contribution in [2.75, 3.05) is 7.05 Å². The zero-order chi connectivity index (χ0) is 8.85. The number of aliphatic imine (C=N–C) groups is 2. The molecule has 0 amide bonds. The Morgan fingerprint density at radius 2 is 2.00 bits per heavy atom. The minimum Gasteiger partial charge on any atom is -0.295 e. The van der Waals surface area contributed by atoms with Crippen LogP contribution in [0.2, 0.25) is 0 Å². The van der Waals surface area contributed by atoms with E-state index < -0.39 is 0 Å². The van der Waals surface area contributed by atoms with Gasteiger partial charge in [0.05, 0.1) is 5.71 Å². The molecule has 0 spiro atoms. The highest BCUT2D eigenvalue weighted by Gasteiger charge is 2.00. The number of allylic oxidation sites excluding steroid dienone is 1. The molecule has 0 saturated carbocycles. The largest absolute Gasteiger partial charge is 0.295 e. The SMILES string of the molecule is C=C(C)/N=C(\C=N/C)C(C)C. The molecule has 0 bridgehead atoms. The van der Waals surface area contributed by atoms with E-state index in [1.807, 2.05) is 6.92 Å². The van der Waals surface area contributed by atoms with E-state index in [-0.39, 0.29) is 0 Å². The number of hydrogen-bond acceptors (Lipinski definition) is 2. The third-order valence-corrected chi connectivity index (χ3v) is 1.17. The van der Waals surface area contributed by atoms with E-state index >= 15 is 0 Å².